The van der Waals surface area contributed by atoms with Crippen molar-refractivity contribution in [1.82, 2.24) is 0 Å². The Hall–Kier alpha value is -2.56. The van der Waals surface area contributed by atoms with Crippen molar-refractivity contribution in [3.63, 3.8) is 0 Å². The number of aliphatic hydroxyl groups is 1. The average Bonchev–Trinajstić information content (AvgIpc) is 2.71. The molecule has 1 aliphatic rings. The molecule has 0 saturated heterocycles. The molecule has 1 aliphatic carbocycles. The number of rotatable bonds is 5. The summed E-state index contributed by atoms with van der Waals surface area (Å²) in [5.41, 5.74) is 3.91. The standard InChI is InChI=1S/C16H20F2.C11H12F2O/c1-4-12-10-16(3,18)8-7-15(12)14-6-5-13(17)9-11(14)2;1-7(14)3-4-9-5-10(12)8(2)11(13)6-9/h5-6,9H,4,7-8,10H2,1-3H3;5-6,14H,1,3-4H2,2H3. The highest BCUT2D eigenvalue weighted by Gasteiger charge is 2.30. The predicted molar refractivity (Wildman–Crippen MR) is 123 cm³/mol. The van der Waals surface area contributed by atoms with Gasteiger partial charge in [0.05, 0.1) is 5.76 Å². The molecule has 1 nitrogen and oxygen atoms in total. The van der Waals surface area contributed by atoms with Gasteiger partial charge in [0, 0.05) is 18.4 Å². The number of halogens is 4. The second-order valence-electron chi connectivity index (χ2n) is 8.74. The first kappa shape index (κ1) is 25.7. The van der Waals surface area contributed by atoms with Crippen LogP contribution in [0.2, 0.25) is 0 Å². The molecular formula is C27H32F4O. The van der Waals surface area contributed by atoms with Crippen LogP contribution in [-0.2, 0) is 6.42 Å². The van der Waals surface area contributed by atoms with E-state index in [1.54, 1.807) is 13.0 Å². The molecule has 3 rings (SSSR count). The van der Waals surface area contributed by atoms with Crippen molar-refractivity contribution in [2.45, 2.75) is 71.9 Å². The first-order valence-corrected chi connectivity index (χ1v) is 10.9. The maximum absolute atomic E-state index is 14.1. The van der Waals surface area contributed by atoms with Gasteiger partial charge in [-0.15, -0.1) is 0 Å². The number of hydrogen-bond donors (Lipinski definition) is 1. The third-order valence-corrected chi connectivity index (χ3v) is 5.89. The van der Waals surface area contributed by atoms with Crippen molar-refractivity contribution in [2.75, 3.05) is 0 Å². The Morgan fingerprint density at radius 3 is 2.25 bits per heavy atom. The topological polar surface area (TPSA) is 20.2 Å². The zero-order valence-electron chi connectivity index (χ0n) is 19.3. The van der Waals surface area contributed by atoms with Gasteiger partial charge < -0.3 is 5.11 Å². The van der Waals surface area contributed by atoms with E-state index in [-0.39, 0.29) is 17.1 Å². The summed E-state index contributed by atoms with van der Waals surface area (Å²) in [6.07, 6.45) is 3.40. The third-order valence-electron chi connectivity index (χ3n) is 5.89. The molecule has 1 unspecified atom stereocenters. The fourth-order valence-corrected chi connectivity index (χ4v) is 3.96. The van der Waals surface area contributed by atoms with Crippen molar-refractivity contribution in [3.8, 4) is 0 Å². The van der Waals surface area contributed by atoms with E-state index in [1.165, 1.54) is 36.3 Å². The summed E-state index contributed by atoms with van der Waals surface area (Å²) in [4.78, 5) is 0. The second-order valence-corrected chi connectivity index (χ2v) is 8.74. The van der Waals surface area contributed by atoms with Gasteiger partial charge in [0.1, 0.15) is 23.1 Å². The molecule has 2 aromatic carbocycles. The molecule has 174 valence electrons. The molecule has 0 spiro atoms. The van der Waals surface area contributed by atoms with Gasteiger partial charge in [-0.25, -0.2) is 17.6 Å². The maximum atomic E-state index is 14.1. The monoisotopic (exact) mass is 448 g/mol. The van der Waals surface area contributed by atoms with Crippen LogP contribution in [-0.4, -0.2) is 10.8 Å². The lowest BCUT2D eigenvalue weighted by Crippen LogP contribution is -2.23. The van der Waals surface area contributed by atoms with Gasteiger partial charge in [0.15, 0.2) is 0 Å². The summed E-state index contributed by atoms with van der Waals surface area (Å²) in [6.45, 7) is 10.4. The van der Waals surface area contributed by atoms with Crippen LogP contribution in [0.1, 0.15) is 68.2 Å². The van der Waals surface area contributed by atoms with Crippen molar-refractivity contribution in [2.24, 2.45) is 0 Å². The van der Waals surface area contributed by atoms with Gasteiger partial charge in [0.25, 0.3) is 0 Å². The highest BCUT2D eigenvalue weighted by Crippen LogP contribution is 2.41. The lowest BCUT2D eigenvalue weighted by Gasteiger charge is -2.30. The Kier molecular flexibility index (Phi) is 8.71. The first-order valence-electron chi connectivity index (χ1n) is 10.9. The Balaban J connectivity index is 0.000000235. The minimum atomic E-state index is -1.08. The molecule has 1 atom stereocenters. The van der Waals surface area contributed by atoms with Gasteiger partial charge in [-0.1, -0.05) is 25.1 Å². The maximum Gasteiger partial charge on any atom is 0.129 e. The van der Waals surface area contributed by atoms with E-state index in [1.807, 2.05) is 13.0 Å². The van der Waals surface area contributed by atoms with Crippen LogP contribution in [0.15, 0.2) is 48.2 Å². The molecule has 0 amide bonds. The van der Waals surface area contributed by atoms with Gasteiger partial charge in [-0.3, -0.25) is 0 Å². The quantitative estimate of drug-likeness (QED) is 0.359. The summed E-state index contributed by atoms with van der Waals surface area (Å²) in [6, 6.07) is 7.43. The van der Waals surface area contributed by atoms with Crippen LogP contribution >= 0.6 is 0 Å². The predicted octanol–water partition coefficient (Wildman–Crippen LogP) is 8.49. The van der Waals surface area contributed by atoms with Gasteiger partial charge in [-0.2, -0.15) is 0 Å². The minimum absolute atomic E-state index is 0.0198. The van der Waals surface area contributed by atoms with Crippen LogP contribution in [0.3, 0.4) is 0 Å². The Bertz CT molecular complexity index is 982. The van der Waals surface area contributed by atoms with Gasteiger partial charge in [-0.05, 0) is 93.0 Å². The van der Waals surface area contributed by atoms with Crippen LogP contribution < -0.4 is 0 Å². The normalized spacial score (nSPS) is 18.2. The lowest BCUT2D eigenvalue weighted by molar-refractivity contribution is 0.170. The highest BCUT2D eigenvalue weighted by atomic mass is 19.1. The number of aryl methyl sites for hydroxylation is 2. The fourth-order valence-electron chi connectivity index (χ4n) is 3.96. The van der Waals surface area contributed by atoms with Gasteiger partial charge >= 0.3 is 0 Å². The SMILES string of the molecule is C=C(O)CCc1cc(F)c(C)c(F)c1.CCC1=C(c2ccc(F)cc2C)CCC(C)(F)C1. The zero-order chi connectivity index (χ0) is 24.1. The van der Waals surface area contributed by atoms with Crippen LogP contribution in [0.5, 0.6) is 0 Å². The molecule has 0 fully saturated rings. The molecule has 5 heteroatoms. The van der Waals surface area contributed by atoms with E-state index in [2.05, 4.69) is 13.5 Å². The van der Waals surface area contributed by atoms with Crippen molar-refractivity contribution < 1.29 is 22.7 Å². The molecule has 0 radical (unpaired) electrons. The highest BCUT2D eigenvalue weighted by molar-refractivity contribution is 5.72. The number of hydrogen-bond acceptors (Lipinski definition) is 1. The molecule has 32 heavy (non-hydrogen) atoms. The lowest BCUT2D eigenvalue weighted by atomic mass is 9.78. The number of alkyl halides is 1. The molecule has 0 heterocycles. The smallest absolute Gasteiger partial charge is 0.129 e. The van der Waals surface area contributed by atoms with E-state index >= 15 is 0 Å². The molecule has 0 aromatic heterocycles. The number of benzene rings is 2. The largest absolute Gasteiger partial charge is 0.513 e. The number of allylic oxidation sites excluding steroid dienone is 3. The van der Waals surface area contributed by atoms with E-state index < -0.39 is 17.3 Å². The van der Waals surface area contributed by atoms with Crippen LogP contribution in [0.25, 0.3) is 5.57 Å². The Morgan fingerprint density at radius 2 is 1.72 bits per heavy atom. The van der Waals surface area contributed by atoms with Crippen molar-refractivity contribution in [1.29, 1.82) is 0 Å². The Labute approximate surface area is 188 Å². The average molecular weight is 449 g/mol. The molecular weight excluding hydrogens is 416 g/mol. The van der Waals surface area contributed by atoms with E-state index in [9.17, 15) is 17.6 Å². The fraction of sp³-hybridized carbons (Fsp3) is 0.407. The third kappa shape index (κ3) is 6.98. The van der Waals surface area contributed by atoms with Gasteiger partial charge in [0.2, 0.25) is 0 Å². The number of aliphatic hydroxyl groups excluding tert-OH is 1. The first-order chi connectivity index (χ1) is 14.9. The summed E-state index contributed by atoms with van der Waals surface area (Å²) in [5, 5.41) is 8.82. The van der Waals surface area contributed by atoms with Crippen molar-refractivity contribution in [3.05, 3.63) is 87.9 Å². The summed E-state index contributed by atoms with van der Waals surface area (Å²) >= 11 is 0. The molecule has 0 saturated carbocycles. The van der Waals surface area contributed by atoms with Crippen LogP contribution in [0, 0.1) is 31.3 Å². The van der Waals surface area contributed by atoms with E-state index in [4.69, 9.17) is 5.11 Å². The van der Waals surface area contributed by atoms with Crippen molar-refractivity contribution >= 4 is 5.57 Å². The van der Waals surface area contributed by atoms with E-state index in [0.717, 1.165) is 24.0 Å². The summed E-state index contributed by atoms with van der Waals surface area (Å²) in [7, 11) is 0. The molecule has 0 aliphatic heterocycles. The summed E-state index contributed by atoms with van der Waals surface area (Å²) in [5.74, 6) is -1.29. The second kappa shape index (κ2) is 10.8. The zero-order valence-corrected chi connectivity index (χ0v) is 19.3. The Morgan fingerprint density at radius 1 is 1.09 bits per heavy atom. The summed E-state index contributed by atoms with van der Waals surface area (Å²) < 4.78 is 53.3. The molecule has 0 bridgehead atoms. The van der Waals surface area contributed by atoms with E-state index in [0.29, 0.717) is 31.2 Å². The minimum Gasteiger partial charge on any atom is -0.513 e. The molecule has 1 N–H and O–H groups in total. The molecule has 2 aromatic rings. The van der Waals surface area contributed by atoms with Crippen LogP contribution in [0.4, 0.5) is 17.6 Å².